The van der Waals surface area contributed by atoms with Gasteiger partial charge in [0.15, 0.2) is 0 Å². The first-order chi connectivity index (χ1) is 9.42. The molecule has 2 aromatic rings. The van der Waals surface area contributed by atoms with E-state index in [4.69, 9.17) is 0 Å². The summed E-state index contributed by atoms with van der Waals surface area (Å²) >= 11 is 2.05. The number of aromatic nitrogens is 2. The van der Waals surface area contributed by atoms with E-state index in [1.807, 2.05) is 12.5 Å². The van der Waals surface area contributed by atoms with Crippen molar-refractivity contribution in [3.05, 3.63) is 54.1 Å². The Morgan fingerprint density at radius 3 is 2.63 bits per heavy atom. The third-order valence-corrected chi connectivity index (χ3v) is 4.43. The van der Waals surface area contributed by atoms with Gasteiger partial charge in [0.05, 0.1) is 12.0 Å². The van der Waals surface area contributed by atoms with Crippen molar-refractivity contribution >= 4 is 11.8 Å². The smallest absolute Gasteiger partial charge is 0.0951 e. The Balaban J connectivity index is 1.68. The van der Waals surface area contributed by atoms with Crippen molar-refractivity contribution in [2.45, 2.75) is 13.1 Å². The van der Waals surface area contributed by atoms with Gasteiger partial charge in [-0.25, -0.2) is 4.98 Å². The first-order valence-corrected chi connectivity index (χ1v) is 7.90. The van der Waals surface area contributed by atoms with Crippen LogP contribution >= 0.6 is 11.8 Å². The minimum absolute atomic E-state index is 0.915. The van der Waals surface area contributed by atoms with Gasteiger partial charge in [-0.05, 0) is 5.56 Å². The van der Waals surface area contributed by atoms with Crippen molar-refractivity contribution in [3.8, 4) is 0 Å². The van der Waals surface area contributed by atoms with Gasteiger partial charge in [0.1, 0.15) is 0 Å². The monoisotopic (exact) mass is 273 g/mol. The molecule has 1 fully saturated rings. The standard InChI is InChI=1S/C15H19N3S/c1-2-4-14(5-3-1)11-18-13-16-10-15(18)12-17-6-8-19-9-7-17/h1-5,10,13H,6-9,11-12H2. The van der Waals surface area contributed by atoms with Crippen molar-refractivity contribution in [1.29, 1.82) is 0 Å². The molecule has 0 amide bonds. The molecule has 0 bridgehead atoms. The summed E-state index contributed by atoms with van der Waals surface area (Å²) in [6.07, 6.45) is 3.95. The molecule has 3 nitrogen and oxygen atoms in total. The molecule has 1 aromatic carbocycles. The van der Waals surface area contributed by atoms with E-state index in [1.54, 1.807) is 0 Å². The lowest BCUT2D eigenvalue weighted by atomic mass is 10.2. The van der Waals surface area contributed by atoms with Crippen molar-refractivity contribution in [2.75, 3.05) is 24.6 Å². The van der Waals surface area contributed by atoms with Crippen LogP contribution < -0.4 is 0 Å². The van der Waals surface area contributed by atoms with Crippen LogP contribution in [0.25, 0.3) is 0 Å². The zero-order valence-corrected chi connectivity index (χ0v) is 11.9. The lowest BCUT2D eigenvalue weighted by molar-refractivity contribution is 0.287. The average molecular weight is 273 g/mol. The predicted molar refractivity (Wildman–Crippen MR) is 80.4 cm³/mol. The minimum atomic E-state index is 0.915. The Labute approximate surface area is 118 Å². The van der Waals surface area contributed by atoms with E-state index in [0.717, 1.165) is 13.1 Å². The molecule has 1 aliphatic heterocycles. The Kier molecular flexibility index (Phi) is 4.20. The van der Waals surface area contributed by atoms with Crippen LogP contribution in [0.1, 0.15) is 11.3 Å². The molecule has 1 saturated heterocycles. The molecule has 0 unspecified atom stereocenters. The van der Waals surface area contributed by atoms with Crippen LogP contribution in [-0.4, -0.2) is 39.0 Å². The zero-order chi connectivity index (χ0) is 12.9. The van der Waals surface area contributed by atoms with Crippen LogP contribution in [0, 0.1) is 0 Å². The number of benzene rings is 1. The molecule has 0 radical (unpaired) electrons. The van der Waals surface area contributed by atoms with Gasteiger partial charge in [-0.1, -0.05) is 30.3 Å². The first-order valence-electron chi connectivity index (χ1n) is 6.75. The van der Waals surface area contributed by atoms with E-state index in [-0.39, 0.29) is 0 Å². The quantitative estimate of drug-likeness (QED) is 0.854. The second-order valence-corrected chi connectivity index (χ2v) is 6.11. The van der Waals surface area contributed by atoms with Crippen molar-refractivity contribution in [1.82, 2.24) is 14.5 Å². The van der Waals surface area contributed by atoms with E-state index >= 15 is 0 Å². The fourth-order valence-electron chi connectivity index (χ4n) is 2.39. The number of hydrogen-bond acceptors (Lipinski definition) is 3. The molecule has 0 saturated carbocycles. The highest BCUT2D eigenvalue weighted by molar-refractivity contribution is 7.99. The number of thioether (sulfide) groups is 1. The largest absolute Gasteiger partial charge is 0.329 e. The van der Waals surface area contributed by atoms with Crippen molar-refractivity contribution in [2.24, 2.45) is 0 Å². The van der Waals surface area contributed by atoms with Crippen LogP contribution in [0.3, 0.4) is 0 Å². The van der Waals surface area contributed by atoms with Gasteiger partial charge in [0, 0.05) is 43.9 Å². The molecule has 0 aliphatic carbocycles. The van der Waals surface area contributed by atoms with Crippen LogP contribution in [0.5, 0.6) is 0 Å². The molecule has 100 valence electrons. The molecule has 0 N–H and O–H groups in total. The van der Waals surface area contributed by atoms with Crippen molar-refractivity contribution in [3.63, 3.8) is 0 Å². The molecular formula is C15H19N3S. The van der Waals surface area contributed by atoms with Crippen LogP contribution in [-0.2, 0) is 13.1 Å². The maximum atomic E-state index is 4.31. The van der Waals surface area contributed by atoms with Crippen LogP contribution in [0.4, 0.5) is 0 Å². The summed E-state index contributed by atoms with van der Waals surface area (Å²) in [6, 6.07) is 10.6. The highest BCUT2D eigenvalue weighted by Crippen LogP contribution is 2.13. The van der Waals surface area contributed by atoms with Crippen molar-refractivity contribution < 1.29 is 0 Å². The molecule has 0 atom stereocenters. The van der Waals surface area contributed by atoms with E-state index in [9.17, 15) is 0 Å². The summed E-state index contributed by atoms with van der Waals surface area (Å²) in [5.41, 5.74) is 2.65. The lowest BCUT2D eigenvalue weighted by Crippen LogP contribution is -2.32. The Bertz CT molecular complexity index is 503. The lowest BCUT2D eigenvalue weighted by Gasteiger charge is -2.26. The summed E-state index contributed by atoms with van der Waals surface area (Å²) in [5.74, 6) is 2.51. The van der Waals surface area contributed by atoms with E-state index < -0.39 is 0 Å². The van der Waals surface area contributed by atoms with Crippen LogP contribution in [0.2, 0.25) is 0 Å². The summed E-state index contributed by atoms with van der Waals surface area (Å²) in [6.45, 7) is 4.33. The SMILES string of the molecule is c1ccc(Cn2cncc2CN2CCSCC2)cc1. The van der Waals surface area contributed by atoms with Gasteiger partial charge in [0.2, 0.25) is 0 Å². The maximum Gasteiger partial charge on any atom is 0.0951 e. The highest BCUT2D eigenvalue weighted by atomic mass is 32.2. The van der Waals surface area contributed by atoms with Gasteiger partial charge in [-0.2, -0.15) is 11.8 Å². The molecule has 4 heteroatoms. The first kappa shape index (κ1) is 12.8. The average Bonchev–Trinajstić information content (AvgIpc) is 2.88. The second-order valence-electron chi connectivity index (χ2n) is 4.89. The normalized spacial score (nSPS) is 16.6. The molecule has 3 rings (SSSR count). The van der Waals surface area contributed by atoms with Gasteiger partial charge < -0.3 is 4.57 Å². The Hall–Kier alpha value is -1.26. The third-order valence-electron chi connectivity index (χ3n) is 3.48. The molecule has 1 aromatic heterocycles. The second kappa shape index (κ2) is 6.26. The fourth-order valence-corrected chi connectivity index (χ4v) is 3.37. The van der Waals surface area contributed by atoms with Gasteiger partial charge in [0.25, 0.3) is 0 Å². The maximum absolute atomic E-state index is 4.31. The molecule has 0 spiro atoms. The predicted octanol–water partition coefficient (Wildman–Crippen LogP) is 2.48. The Morgan fingerprint density at radius 1 is 1.05 bits per heavy atom. The molecule has 1 aliphatic rings. The topological polar surface area (TPSA) is 21.1 Å². The zero-order valence-electron chi connectivity index (χ0n) is 11.0. The summed E-state index contributed by atoms with van der Waals surface area (Å²) in [5, 5.41) is 0. The number of imidazole rings is 1. The van der Waals surface area contributed by atoms with E-state index in [2.05, 4.69) is 56.5 Å². The fraction of sp³-hybridized carbons (Fsp3) is 0.400. The van der Waals surface area contributed by atoms with E-state index in [0.29, 0.717) is 0 Å². The number of hydrogen-bond donors (Lipinski definition) is 0. The molecule has 19 heavy (non-hydrogen) atoms. The van der Waals surface area contributed by atoms with Gasteiger partial charge in [-0.3, -0.25) is 4.90 Å². The molecular weight excluding hydrogens is 254 g/mol. The van der Waals surface area contributed by atoms with Crippen LogP contribution in [0.15, 0.2) is 42.9 Å². The Morgan fingerprint density at radius 2 is 1.84 bits per heavy atom. The number of nitrogens with zero attached hydrogens (tertiary/aromatic N) is 3. The highest BCUT2D eigenvalue weighted by Gasteiger charge is 2.13. The van der Waals surface area contributed by atoms with E-state index in [1.165, 1.54) is 35.9 Å². The third kappa shape index (κ3) is 3.39. The summed E-state index contributed by atoms with van der Waals surface area (Å²) in [7, 11) is 0. The van der Waals surface area contributed by atoms with Gasteiger partial charge in [-0.15, -0.1) is 0 Å². The summed E-state index contributed by atoms with van der Waals surface area (Å²) in [4.78, 5) is 6.84. The number of rotatable bonds is 4. The molecule has 2 heterocycles. The summed E-state index contributed by atoms with van der Waals surface area (Å²) < 4.78 is 2.26. The van der Waals surface area contributed by atoms with Gasteiger partial charge >= 0.3 is 0 Å². The minimum Gasteiger partial charge on any atom is -0.329 e.